The highest BCUT2D eigenvalue weighted by atomic mass is 28.5. The highest BCUT2D eigenvalue weighted by molar-refractivity contribution is 7.17. The van der Waals surface area contributed by atoms with Gasteiger partial charge in [-0.3, -0.25) is 0 Å². The molecule has 0 spiro atoms. The highest BCUT2D eigenvalue weighted by Gasteiger charge is 2.65. The molecule has 1 atom stereocenters. The minimum Gasteiger partial charge on any atom is -0.449 e. The van der Waals surface area contributed by atoms with Crippen LogP contribution in [0.3, 0.4) is 0 Å². The molecule has 12 aromatic rings. The Morgan fingerprint density at radius 3 is 0.725 bits per heavy atom. The van der Waals surface area contributed by atoms with E-state index in [1.165, 1.54) is 0 Å². The zero-order valence-corrected chi connectivity index (χ0v) is 62.9. The van der Waals surface area contributed by atoms with Gasteiger partial charge in [-0.2, -0.15) is 0 Å². The average molecular weight is 1360 g/mol. The molecule has 1 unspecified atom stereocenters. The van der Waals surface area contributed by atoms with Gasteiger partial charge in [0.25, 0.3) is 38.3 Å². The Kier molecular flexibility index (Phi) is 21.5. The van der Waals surface area contributed by atoms with E-state index in [1.54, 1.807) is 0 Å². The van der Waals surface area contributed by atoms with Gasteiger partial charge in [0.15, 0.2) is 0 Å². The Hall–Kier alpha value is -7.55. The zero-order valence-electron chi connectivity index (χ0n) is 50.5. The van der Waals surface area contributed by atoms with Crippen LogP contribution in [0.15, 0.2) is 364 Å². The van der Waals surface area contributed by atoms with Gasteiger partial charge in [0.2, 0.25) is 0 Å². The molecular formula is C72H70O9Si10. The summed E-state index contributed by atoms with van der Waals surface area (Å²) in [6.45, 7) is 0. The monoisotopic (exact) mass is 1360 g/mol. The molecule has 0 aliphatic rings. The summed E-state index contributed by atoms with van der Waals surface area (Å²) in [5.74, 6) is 0. The molecule has 0 saturated heterocycles. The molecule has 12 aromatic carbocycles. The van der Waals surface area contributed by atoms with Crippen molar-refractivity contribution in [2.45, 2.75) is 0 Å². The summed E-state index contributed by atoms with van der Waals surface area (Å²) < 4.78 is 69.7. The Morgan fingerprint density at radius 2 is 0.451 bits per heavy atom. The van der Waals surface area contributed by atoms with Gasteiger partial charge in [0.1, 0.15) is 10.5 Å². The first-order valence-electron chi connectivity index (χ1n) is 30.4. The first kappa shape index (κ1) is 63.6. The molecule has 0 saturated carbocycles. The minimum atomic E-state index is -4.58. The second-order valence-corrected chi connectivity index (χ2v) is 47.5. The fraction of sp³-hybridized carbons (Fsp3) is 0. The summed E-state index contributed by atoms with van der Waals surface area (Å²) in [6, 6.07) is 127. The van der Waals surface area contributed by atoms with Gasteiger partial charge in [-0.1, -0.05) is 364 Å². The predicted octanol–water partition coefficient (Wildman–Crippen LogP) is 3.23. The van der Waals surface area contributed by atoms with E-state index < -0.39 is 81.9 Å². The third-order valence-electron chi connectivity index (χ3n) is 15.9. The van der Waals surface area contributed by atoms with Gasteiger partial charge in [-0.25, -0.2) is 0 Å². The Bertz CT molecular complexity index is 3840. The van der Waals surface area contributed by atoms with Crippen molar-refractivity contribution in [1.82, 2.24) is 0 Å². The van der Waals surface area contributed by atoms with Crippen LogP contribution in [0, 0.1) is 0 Å². The normalized spacial score (nSPS) is 12.9. The second kappa shape index (κ2) is 30.7. The molecule has 0 fully saturated rings. The molecule has 0 aliphatic carbocycles. The van der Waals surface area contributed by atoms with Crippen LogP contribution in [0.5, 0.6) is 0 Å². The third kappa shape index (κ3) is 14.0. The predicted molar refractivity (Wildman–Crippen MR) is 394 cm³/mol. The van der Waals surface area contributed by atoms with Crippen LogP contribution < -0.4 is 62.2 Å². The Balaban J connectivity index is 1.20. The van der Waals surface area contributed by atoms with E-state index in [4.69, 9.17) is 28.8 Å². The molecule has 19 heteroatoms. The number of hydrogen-bond acceptors (Lipinski definition) is 9. The number of hydrogen-bond donors (Lipinski definition) is 0. The van der Waals surface area contributed by atoms with Crippen LogP contribution in [0.4, 0.5) is 0 Å². The van der Waals surface area contributed by atoms with Gasteiger partial charge in [-0.05, 0) is 62.2 Å². The fourth-order valence-electron chi connectivity index (χ4n) is 11.8. The van der Waals surface area contributed by atoms with Crippen molar-refractivity contribution in [2.24, 2.45) is 0 Å². The summed E-state index contributed by atoms with van der Waals surface area (Å²) in [6.07, 6.45) is 0. The van der Waals surface area contributed by atoms with Crippen molar-refractivity contribution in [2.75, 3.05) is 0 Å². The van der Waals surface area contributed by atoms with Crippen LogP contribution in [0.25, 0.3) is 0 Å². The van der Waals surface area contributed by atoms with E-state index in [9.17, 15) is 8.23 Å². The maximum atomic E-state index is 9.22. The molecule has 12 rings (SSSR count). The molecule has 91 heavy (non-hydrogen) atoms. The Labute approximate surface area is 551 Å². The van der Waals surface area contributed by atoms with Gasteiger partial charge >= 0.3 is 43.5 Å². The largest absolute Gasteiger partial charge is 0.449 e. The van der Waals surface area contributed by atoms with Crippen LogP contribution in [-0.2, 0) is 37.0 Å². The van der Waals surface area contributed by atoms with E-state index in [0.717, 1.165) is 62.2 Å². The SMILES string of the molecule is [SiH3]O[SiH2]O[SiH2]O[SiH2]O[SiH](O[Si](O[Si](O[Si](O[Si](O[Si](c1ccccc1)(c1ccccc1)c1ccccc1)(c1ccccc1)c1ccccc1)(c1ccccc1)c1ccccc1)(c1ccccc1)c1ccccc1)(c1ccccc1)c1ccccc1)c1ccccc1. The lowest BCUT2D eigenvalue weighted by Gasteiger charge is -2.50. The van der Waals surface area contributed by atoms with Crippen LogP contribution in [-0.4, -0.2) is 92.4 Å². The van der Waals surface area contributed by atoms with Crippen molar-refractivity contribution >= 4 is 155 Å². The summed E-state index contributed by atoms with van der Waals surface area (Å²) in [4.78, 5) is 0. The molecule has 0 bridgehead atoms. The first-order valence-corrected chi connectivity index (χ1v) is 45.4. The van der Waals surface area contributed by atoms with E-state index in [2.05, 4.69) is 334 Å². The van der Waals surface area contributed by atoms with Crippen LogP contribution in [0.2, 0.25) is 0 Å². The fourth-order valence-corrected chi connectivity index (χ4v) is 49.0. The van der Waals surface area contributed by atoms with Crippen molar-refractivity contribution in [3.63, 3.8) is 0 Å². The lowest BCUT2D eigenvalue weighted by atomic mass is 10.3. The molecular weight excluding hydrogens is 1290 g/mol. The van der Waals surface area contributed by atoms with Gasteiger partial charge in [-0.15, -0.1) is 0 Å². The molecule has 9 nitrogen and oxygen atoms in total. The molecule has 0 aliphatic heterocycles. The first-order chi connectivity index (χ1) is 45.0. The van der Waals surface area contributed by atoms with Crippen molar-refractivity contribution in [1.29, 1.82) is 0 Å². The van der Waals surface area contributed by atoms with E-state index >= 15 is 0 Å². The summed E-state index contributed by atoms with van der Waals surface area (Å²) >= 11 is 0. The van der Waals surface area contributed by atoms with Crippen molar-refractivity contribution in [3.8, 4) is 0 Å². The standard InChI is InChI=1S/C72H70O9Si10/c82-73-83-74-84-75-85-76-86(61-37-13-1-14-38-61)77-88(65-45-21-5-22-46-65,66-47-23-6-24-48-66)79-90(69-53-29-9-30-54-69,70-55-31-10-32-56-70)81-91(71-57-33-11-34-58-71,72-59-35-12-36-60-72)80-89(67-49-25-7-26-50-67,68-51-27-8-28-52-68)78-87(62-39-15-2-16-40-62,63-41-17-3-18-42-63)64-43-19-4-20-44-64/h1-60,86H,83-85H2,82H3. The molecule has 0 aromatic heterocycles. The van der Waals surface area contributed by atoms with Crippen LogP contribution >= 0.6 is 0 Å². The minimum absolute atomic E-state index is 0.632. The molecule has 0 radical (unpaired) electrons. The molecule has 452 valence electrons. The van der Waals surface area contributed by atoms with Crippen molar-refractivity contribution < 1.29 is 37.0 Å². The molecule has 0 N–H and O–H groups in total. The average Bonchev–Trinajstić information content (AvgIpc) is 0.733. The van der Waals surface area contributed by atoms with Crippen LogP contribution in [0.1, 0.15) is 0 Å². The zero-order chi connectivity index (χ0) is 61.9. The summed E-state index contributed by atoms with van der Waals surface area (Å²) in [5, 5.41) is 11.1. The van der Waals surface area contributed by atoms with E-state index in [1.807, 2.05) is 30.3 Å². The van der Waals surface area contributed by atoms with Crippen molar-refractivity contribution in [3.05, 3.63) is 364 Å². The summed E-state index contributed by atoms with van der Waals surface area (Å²) in [7, 11) is -28.0. The van der Waals surface area contributed by atoms with E-state index in [0.29, 0.717) is 10.5 Å². The smallest absolute Gasteiger partial charge is 0.390 e. The third-order valence-corrected chi connectivity index (χ3v) is 45.9. The van der Waals surface area contributed by atoms with Gasteiger partial charge < -0.3 is 37.0 Å². The maximum Gasteiger partial charge on any atom is 0.390 e. The molecule has 0 amide bonds. The Morgan fingerprint density at radius 1 is 0.231 bits per heavy atom. The quantitative estimate of drug-likeness (QED) is 0.0400. The molecule has 0 heterocycles. The highest BCUT2D eigenvalue weighted by Crippen LogP contribution is 2.30. The van der Waals surface area contributed by atoms with Gasteiger partial charge in [0, 0.05) is 0 Å². The van der Waals surface area contributed by atoms with E-state index in [-0.39, 0.29) is 0 Å². The number of benzene rings is 12. The second-order valence-electron chi connectivity index (χ2n) is 21.7. The summed E-state index contributed by atoms with van der Waals surface area (Å²) in [5.41, 5.74) is 0. The topological polar surface area (TPSA) is 83.1 Å². The lowest BCUT2D eigenvalue weighted by molar-refractivity contribution is 0.303. The lowest BCUT2D eigenvalue weighted by Crippen LogP contribution is -2.85. The number of rotatable bonds is 29. The van der Waals surface area contributed by atoms with Gasteiger partial charge in [0.05, 0.1) is 0 Å². The maximum absolute atomic E-state index is 9.22.